The van der Waals surface area contributed by atoms with Gasteiger partial charge in [0.25, 0.3) is 0 Å². The number of rotatable bonds is 8. The van der Waals surface area contributed by atoms with Crippen molar-refractivity contribution in [3.63, 3.8) is 0 Å². The Hall–Kier alpha value is -2.37. The lowest BCUT2D eigenvalue weighted by molar-refractivity contribution is 0.0369. The van der Waals surface area contributed by atoms with Crippen LogP contribution in [0.5, 0.6) is 5.75 Å². The largest absolute Gasteiger partial charge is 0.493 e. The minimum absolute atomic E-state index is 0.204. The highest BCUT2D eigenvalue weighted by molar-refractivity contribution is 5.81. The molecule has 2 heterocycles. The number of fused-ring (bicyclic) bond motifs is 1. The van der Waals surface area contributed by atoms with Crippen LogP contribution in [0.3, 0.4) is 0 Å². The maximum absolute atomic E-state index is 13.0. The summed E-state index contributed by atoms with van der Waals surface area (Å²) in [5.41, 5.74) is 2.29. The van der Waals surface area contributed by atoms with Gasteiger partial charge in [-0.05, 0) is 47.7 Å². The molecule has 2 aromatic carbocycles. The van der Waals surface area contributed by atoms with E-state index in [9.17, 15) is 4.39 Å². The highest BCUT2D eigenvalue weighted by Crippen LogP contribution is 2.22. The average Bonchev–Trinajstić information content (AvgIpc) is 3.13. The van der Waals surface area contributed by atoms with E-state index in [1.54, 1.807) is 0 Å². The molecule has 5 heteroatoms. The van der Waals surface area contributed by atoms with Gasteiger partial charge in [-0.15, -0.1) is 0 Å². The fraction of sp³-hybridized carbons (Fsp3) is 0.391. The molecule has 148 valence electrons. The Balaban J connectivity index is 1.32. The smallest absolute Gasteiger partial charge is 0.123 e. The molecule has 3 aromatic rings. The molecule has 1 aliphatic rings. The van der Waals surface area contributed by atoms with Crippen molar-refractivity contribution in [1.82, 2.24) is 9.47 Å². The van der Waals surface area contributed by atoms with Gasteiger partial charge in [-0.1, -0.05) is 12.1 Å². The predicted octanol–water partition coefficient (Wildman–Crippen LogP) is 4.12. The van der Waals surface area contributed by atoms with Crippen LogP contribution < -0.4 is 4.74 Å². The van der Waals surface area contributed by atoms with Crippen LogP contribution in [0.2, 0.25) is 0 Å². The minimum atomic E-state index is -0.204. The van der Waals surface area contributed by atoms with E-state index in [-0.39, 0.29) is 5.82 Å². The second kappa shape index (κ2) is 9.22. The lowest BCUT2D eigenvalue weighted by atomic mass is 10.1. The van der Waals surface area contributed by atoms with Crippen molar-refractivity contribution >= 4 is 10.9 Å². The molecule has 0 spiro atoms. The predicted molar refractivity (Wildman–Crippen MR) is 109 cm³/mol. The molecule has 4 rings (SSSR count). The Kier molecular flexibility index (Phi) is 6.24. The number of benzene rings is 2. The van der Waals surface area contributed by atoms with Crippen LogP contribution in [-0.4, -0.2) is 48.9 Å². The molecule has 0 saturated carbocycles. The van der Waals surface area contributed by atoms with E-state index in [4.69, 9.17) is 9.47 Å². The Morgan fingerprint density at radius 1 is 0.964 bits per heavy atom. The SMILES string of the molecule is Fc1ccc(CCOc2ccc3ccn(CCCN4CCOCC4)c3c2)cc1. The van der Waals surface area contributed by atoms with Gasteiger partial charge in [0, 0.05) is 44.9 Å². The molecule has 0 unspecified atom stereocenters. The molecule has 1 aliphatic heterocycles. The number of ether oxygens (including phenoxy) is 2. The van der Waals surface area contributed by atoms with E-state index in [1.807, 2.05) is 18.2 Å². The Labute approximate surface area is 165 Å². The summed E-state index contributed by atoms with van der Waals surface area (Å²) in [7, 11) is 0. The third-order valence-electron chi connectivity index (χ3n) is 5.30. The van der Waals surface area contributed by atoms with Gasteiger partial charge >= 0.3 is 0 Å². The number of aromatic nitrogens is 1. The van der Waals surface area contributed by atoms with Gasteiger partial charge in [0.1, 0.15) is 11.6 Å². The van der Waals surface area contributed by atoms with Gasteiger partial charge in [-0.3, -0.25) is 4.90 Å². The zero-order chi connectivity index (χ0) is 19.2. The minimum Gasteiger partial charge on any atom is -0.493 e. The van der Waals surface area contributed by atoms with E-state index in [0.717, 1.165) is 63.5 Å². The standard InChI is InChI=1S/C23H27FN2O2/c24-21-5-2-19(3-6-21)9-15-28-22-7-4-20-8-12-26(23(20)18-22)11-1-10-25-13-16-27-17-14-25/h2-8,12,18H,1,9-11,13-17H2. The molecule has 28 heavy (non-hydrogen) atoms. The molecule has 0 atom stereocenters. The molecule has 1 saturated heterocycles. The highest BCUT2D eigenvalue weighted by Gasteiger charge is 2.10. The summed E-state index contributed by atoms with van der Waals surface area (Å²) in [5.74, 6) is 0.673. The van der Waals surface area contributed by atoms with E-state index in [1.165, 1.54) is 23.0 Å². The number of hydrogen-bond acceptors (Lipinski definition) is 3. The van der Waals surface area contributed by atoms with Crippen LogP contribution in [0.4, 0.5) is 4.39 Å². The first-order chi connectivity index (χ1) is 13.8. The van der Waals surface area contributed by atoms with Gasteiger partial charge in [-0.2, -0.15) is 0 Å². The fourth-order valence-corrected chi connectivity index (χ4v) is 3.68. The van der Waals surface area contributed by atoms with Gasteiger partial charge in [0.2, 0.25) is 0 Å². The van der Waals surface area contributed by atoms with Gasteiger partial charge in [-0.25, -0.2) is 4.39 Å². The maximum atomic E-state index is 13.0. The van der Waals surface area contributed by atoms with Crippen LogP contribution in [0.15, 0.2) is 54.7 Å². The molecular formula is C23H27FN2O2. The van der Waals surface area contributed by atoms with Crippen molar-refractivity contribution in [2.75, 3.05) is 39.5 Å². The highest BCUT2D eigenvalue weighted by atomic mass is 19.1. The molecule has 0 radical (unpaired) electrons. The second-order valence-corrected chi connectivity index (χ2v) is 7.26. The first-order valence-electron chi connectivity index (χ1n) is 10.0. The molecule has 4 nitrogen and oxygen atoms in total. The zero-order valence-electron chi connectivity index (χ0n) is 16.1. The fourth-order valence-electron chi connectivity index (χ4n) is 3.68. The first kappa shape index (κ1) is 19.0. The Morgan fingerprint density at radius 2 is 1.79 bits per heavy atom. The molecular weight excluding hydrogens is 355 g/mol. The van der Waals surface area contributed by atoms with Crippen LogP contribution in [0, 0.1) is 5.82 Å². The van der Waals surface area contributed by atoms with E-state index in [0.29, 0.717) is 6.61 Å². The number of halogens is 1. The summed E-state index contributed by atoms with van der Waals surface area (Å²) in [4.78, 5) is 2.47. The summed E-state index contributed by atoms with van der Waals surface area (Å²) in [6.07, 6.45) is 4.05. The van der Waals surface area contributed by atoms with E-state index in [2.05, 4.69) is 33.9 Å². The summed E-state index contributed by atoms with van der Waals surface area (Å²) in [6, 6.07) is 15.0. The Bertz CT molecular complexity index is 885. The van der Waals surface area contributed by atoms with Gasteiger partial charge < -0.3 is 14.0 Å². The molecule has 1 aromatic heterocycles. The van der Waals surface area contributed by atoms with Crippen molar-refractivity contribution in [2.45, 2.75) is 19.4 Å². The van der Waals surface area contributed by atoms with Gasteiger partial charge in [0.15, 0.2) is 0 Å². The summed E-state index contributed by atoms with van der Waals surface area (Å²) in [6.45, 7) is 6.47. The molecule has 0 amide bonds. The summed E-state index contributed by atoms with van der Waals surface area (Å²) in [5, 5.41) is 1.23. The molecule has 0 bridgehead atoms. The van der Waals surface area contributed by atoms with E-state index < -0.39 is 0 Å². The lowest BCUT2D eigenvalue weighted by Crippen LogP contribution is -2.37. The Morgan fingerprint density at radius 3 is 2.61 bits per heavy atom. The molecule has 1 fully saturated rings. The zero-order valence-corrected chi connectivity index (χ0v) is 16.1. The number of hydrogen-bond donors (Lipinski definition) is 0. The third-order valence-corrected chi connectivity index (χ3v) is 5.30. The first-order valence-corrected chi connectivity index (χ1v) is 10.0. The van der Waals surface area contributed by atoms with Crippen LogP contribution >= 0.6 is 0 Å². The third kappa shape index (κ3) is 4.91. The average molecular weight is 382 g/mol. The number of morpholine rings is 1. The van der Waals surface area contributed by atoms with E-state index >= 15 is 0 Å². The van der Waals surface area contributed by atoms with Crippen molar-refractivity contribution < 1.29 is 13.9 Å². The van der Waals surface area contributed by atoms with Crippen LogP contribution in [-0.2, 0) is 17.7 Å². The van der Waals surface area contributed by atoms with Crippen LogP contribution in [0.25, 0.3) is 10.9 Å². The number of nitrogens with zero attached hydrogens (tertiary/aromatic N) is 2. The lowest BCUT2D eigenvalue weighted by Gasteiger charge is -2.26. The topological polar surface area (TPSA) is 26.6 Å². The van der Waals surface area contributed by atoms with Crippen molar-refractivity contribution in [3.8, 4) is 5.75 Å². The normalized spacial score (nSPS) is 15.2. The molecule has 0 N–H and O–H groups in total. The second-order valence-electron chi connectivity index (χ2n) is 7.26. The van der Waals surface area contributed by atoms with Crippen molar-refractivity contribution in [2.24, 2.45) is 0 Å². The quantitative estimate of drug-likeness (QED) is 0.586. The van der Waals surface area contributed by atoms with Crippen molar-refractivity contribution in [3.05, 3.63) is 66.1 Å². The maximum Gasteiger partial charge on any atom is 0.123 e. The van der Waals surface area contributed by atoms with Gasteiger partial charge in [0.05, 0.1) is 25.3 Å². The summed E-state index contributed by atoms with van der Waals surface area (Å²) < 4.78 is 26.6. The monoisotopic (exact) mass is 382 g/mol. The number of aryl methyl sites for hydroxylation is 1. The summed E-state index contributed by atoms with van der Waals surface area (Å²) >= 11 is 0. The van der Waals surface area contributed by atoms with Crippen LogP contribution in [0.1, 0.15) is 12.0 Å². The van der Waals surface area contributed by atoms with Crippen molar-refractivity contribution in [1.29, 1.82) is 0 Å². The molecule has 0 aliphatic carbocycles.